The van der Waals surface area contributed by atoms with Crippen LogP contribution in [0.3, 0.4) is 0 Å². The average molecular weight is 707 g/mol. The number of fused-ring (bicyclic) bond motifs is 6. The molecule has 55 heavy (non-hydrogen) atoms. The van der Waals surface area contributed by atoms with Crippen molar-refractivity contribution in [1.82, 2.24) is 19.9 Å². The van der Waals surface area contributed by atoms with E-state index < -0.39 is 0 Å². The molecular weight excluding hydrogens is 669 g/mol. The molecule has 1 aliphatic heterocycles. The van der Waals surface area contributed by atoms with E-state index in [1.165, 1.54) is 43.8 Å². The quantitative estimate of drug-likeness (QED) is 0.132. The normalized spacial score (nSPS) is 12.9. The summed E-state index contributed by atoms with van der Waals surface area (Å²) in [4.78, 5) is 17.4. The molecule has 0 amide bonds. The van der Waals surface area contributed by atoms with Gasteiger partial charge in [-0.25, -0.2) is 9.97 Å². The molecule has 9 aromatic rings. The highest BCUT2D eigenvalue weighted by Gasteiger charge is 2.23. The van der Waals surface area contributed by atoms with Crippen molar-refractivity contribution in [3.8, 4) is 44.8 Å². The van der Waals surface area contributed by atoms with Crippen molar-refractivity contribution >= 4 is 48.9 Å². The van der Waals surface area contributed by atoms with Crippen LogP contribution >= 0.6 is 0 Å². The summed E-state index contributed by atoms with van der Waals surface area (Å²) in [6, 6.07) is 47.7. The molecule has 10 rings (SSSR count). The van der Waals surface area contributed by atoms with E-state index in [1.54, 1.807) is 0 Å². The third-order valence-electron chi connectivity index (χ3n) is 11.2. The number of para-hydroxylation sites is 1. The smallest absolute Gasteiger partial charge is 0.0791 e. The molecule has 0 bridgehead atoms. The van der Waals surface area contributed by atoms with Crippen LogP contribution in [0.4, 0.5) is 0 Å². The van der Waals surface area contributed by atoms with Crippen LogP contribution < -0.4 is 0 Å². The number of likely N-dealkylation sites (N-methyl/N-ethyl adjacent to an activating group) is 1. The molecule has 4 heteroatoms. The zero-order valence-electron chi connectivity index (χ0n) is 31.1. The number of hydrogen-bond donors (Lipinski definition) is 0. The Morgan fingerprint density at radius 3 is 1.67 bits per heavy atom. The second kappa shape index (κ2) is 13.2. The van der Waals surface area contributed by atoms with Crippen LogP contribution in [-0.4, -0.2) is 33.4 Å². The summed E-state index contributed by atoms with van der Waals surface area (Å²) in [5.74, 6) is 0. The molecule has 262 valence electrons. The fourth-order valence-electron chi connectivity index (χ4n) is 8.49. The first-order valence-corrected chi connectivity index (χ1v) is 18.9. The molecule has 1 aliphatic rings. The Bertz CT molecular complexity index is 3020. The Morgan fingerprint density at radius 1 is 0.473 bits per heavy atom. The van der Waals surface area contributed by atoms with Gasteiger partial charge in [0.15, 0.2) is 0 Å². The number of aromatic nitrogens is 3. The third kappa shape index (κ3) is 5.57. The molecule has 0 N–H and O–H groups in total. The van der Waals surface area contributed by atoms with Crippen molar-refractivity contribution in [2.75, 3.05) is 13.6 Å². The zero-order chi connectivity index (χ0) is 37.0. The number of benzene rings is 6. The van der Waals surface area contributed by atoms with E-state index in [2.05, 4.69) is 183 Å². The van der Waals surface area contributed by atoms with Gasteiger partial charge >= 0.3 is 0 Å². The van der Waals surface area contributed by atoms with Gasteiger partial charge in [0.2, 0.25) is 0 Å². The van der Waals surface area contributed by atoms with Gasteiger partial charge in [-0.3, -0.25) is 4.98 Å². The van der Waals surface area contributed by atoms with Crippen LogP contribution in [0.2, 0.25) is 0 Å². The maximum Gasteiger partial charge on any atom is 0.0791 e. The highest BCUT2D eigenvalue weighted by atomic mass is 15.1. The number of hydrogen-bond acceptors (Lipinski definition) is 4. The molecule has 0 spiro atoms. The number of pyridine rings is 3. The monoisotopic (exact) mass is 706 g/mol. The fourth-order valence-corrected chi connectivity index (χ4v) is 8.49. The first kappa shape index (κ1) is 32.7. The molecule has 4 heterocycles. The largest absolute Gasteiger partial charge is 0.377 e. The summed E-state index contributed by atoms with van der Waals surface area (Å²) in [7, 11) is 2.10. The molecule has 0 saturated carbocycles. The number of allylic oxidation sites excluding steroid dienone is 2. The van der Waals surface area contributed by atoms with Gasteiger partial charge in [0.1, 0.15) is 0 Å². The van der Waals surface area contributed by atoms with E-state index >= 15 is 0 Å². The van der Waals surface area contributed by atoms with Crippen LogP contribution in [0.25, 0.3) is 93.7 Å². The Kier molecular flexibility index (Phi) is 7.85. The minimum absolute atomic E-state index is 0.876. The van der Waals surface area contributed by atoms with Crippen LogP contribution in [0.5, 0.6) is 0 Å². The lowest BCUT2D eigenvalue weighted by Gasteiger charge is -2.21. The van der Waals surface area contributed by atoms with Gasteiger partial charge in [-0.15, -0.1) is 0 Å². The molecule has 0 unspecified atom stereocenters. The van der Waals surface area contributed by atoms with Crippen molar-refractivity contribution in [1.29, 1.82) is 0 Å². The fraction of sp³-hybridized carbons (Fsp3) is 0.0784. The summed E-state index contributed by atoms with van der Waals surface area (Å²) >= 11 is 0. The van der Waals surface area contributed by atoms with E-state index in [0.717, 1.165) is 73.1 Å². The van der Waals surface area contributed by atoms with E-state index in [-0.39, 0.29) is 0 Å². The van der Waals surface area contributed by atoms with Crippen LogP contribution in [0.15, 0.2) is 164 Å². The predicted molar refractivity (Wildman–Crippen MR) is 231 cm³/mol. The van der Waals surface area contributed by atoms with Gasteiger partial charge in [-0.05, 0) is 124 Å². The van der Waals surface area contributed by atoms with E-state index in [0.29, 0.717) is 0 Å². The minimum Gasteiger partial charge on any atom is -0.377 e. The topological polar surface area (TPSA) is 41.9 Å². The van der Waals surface area contributed by atoms with Crippen LogP contribution in [0, 0.1) is 13.8 Å². The molecule has 4 nitrogen and oxygen atoms in total. The minimum atomic E-state index is 0.876. The summed E-state index contributed by atoms with van der Waals surface area (Å²) in [6.07, 6.45) is 10.4. The lowest BCUT2D eigenvalue weighted by molar-refractivity contribution is 0.506. The van der Waals surface area contributed by atoms with Gasteiger partial charge in [0.05, 0.1) is 22.4 Å². The summed E-state index contributed by atoms with van der Waals surface area (Å²) < 4.78 is 0. The molecule has 0 aliphatic carbocycles. The van der Waals surface area contributed by atoms with Gasteiger partial charge < -0.3 is 4.90 Å². The highest BCUT2D eigenvalue weighted by molar-refractivity contribution is 6.25. The molecule has 3 aromatic heterocycles. The average Bonchev–Trinajstić information content (AvgIpc) is 3.25. The standard InChI is InChI=1S/C51H38N4/c1-32-46-42-16-10-11-17-44(42)53-50(36-12-6-4-7-13-36)48(46)33(2)47-43-19-18-38(31-45(43)54-51(49(32)47)37-14-8-5-9-15-37)41-29-39(34-20-24-52-25-21-34)28-40(30-41)35-22-26-55(3)27-23-35/h4-26,28-31H,27H2,1-3H3. The van der Waals surface area contributed by atoms with Crippen molar-refractivity contribution in [2.45, 2.75) is 13.8 Å². The van der Waals surface area contributed by atoms with Gasteiger partial charge in [0, 0.05) is 58.7 Å². The number of nitrogens with zero attached hydrogens (tertiary/aromatic N) is 4. The molecule has 0 saturated heterocycles. The Balaban J connectivity index is 1.29. The third-order valence-corrected chi connectivity index (χ3v) is 11.2. The zero-order valence-corrected chi connectivity index (χ0v) is 31.1. The van der Waals surface area contributed by atoms with E-state index in [4.69, 9.17) is 9.97 Å². The van der Waals surface area contributed by atoms with Gasteiger partial charge in [0.25, 0.3) is 0 Å². The number of aryl methyl sites for hydroxylation is 2. The lowest BCUT2D eigenvalue weighted by atomic mass is 9.85. The van der Waals surface area contributed by atoms with Crippen molar-refractivity contribution < 1.29 is 0 Å². The maximum absolute atomic E-state index is 5.58. The van der Waals surface area contributed by atoms with Crippen molar-refractivity contribution in [3.63, 3.8) is 0 Å². The predicted octanol–water partition coefficient (Wildman–Crippen LogP) is 12.6. The maximum atomic E-state index is 5.58. The summed E-state index contributed by atoms with van der Waals surface area (Å²) in [6.45, 7) is 5.43. The van der Waals surface area contributed by atoms with Crippen LogP contribution in [-0.2, 0) is 0 Å². The first-order valence-electron chi connectivity index (χ1n) is 18.9. The van der Waals surface area contributed by atoms with Gasteiger partial charge in [-0.1, -0.05) is 97.1 Å². The molecule has 0 atom stereocenters. The molecule has 0 fully saturated rings. The second-order valence-corrected chi connectivity index (χ2v) is 14.6. The van der Waals surface area contributed by atoms with Crippen molar-refractivity contribution in [3.05, 3.63) is 181 Å². The van der Waals surface area contributed by atoms with Crippen LogP contribution in [0.1, 0.15) is 16.7 Å². The van der Waals surface area contributed by atoms with E-state index in [9.17, 15) is 0 Å². The Hall–Kier alpha value is -6.91. The second-order valence-electron chi connectivity index (χ2n) is 14.6. The molecule has 6 aromatic carbocycles. The SMILES string of the molecule is Cc1c2c(-c3ccccc3)nc3cc(-c4cc(C5=CCN(C)C=C5)cc(-c5ccncc5)c4)ccc3c2c(C)c2c(-c3ccccc3)nc3ccccc3c12. The summed E-state index contributed by atoms with van der Waals surface area (Å²) in [5.41, 5.74) is 15.6. The van der Waals surface area contributed by atoms with Crippen molar-refractivity contribution in [2.24, 2.45) is 0 Å². The molecule has 0 radical (unpaired) electrons. The van der Waals surface area contributed by atoms with Gasteiger partial charge in [-0.2, -0.15) is 0 Å². The Morgan fingerprint density at radius 2 is 1.04 bits per heavy atom. The number of rotatable bonds is 5. The summed E-state index contributed by atoms with van der Waals surface area (Å²) in [5, 5.41) is 7.15. The first-order chi connectivity index (χ1) is 27.0. The lowest BCUT2D eigenvalue weighted by Crippen LogP contribution is -2.13. The van der Waals surface area contributed by atoms with E-state index in [1.807, 2.05) is 12.4 Å². The highest BCUT2D eigenvalue weighted by Crippen LogP contribution is 2.46. The molecular formula is C51H38N4. The Labute approximate surface area is 320 Å².